The zero-order valence-corrected chi connectivity index (χ0v) is 21.9. The van der Waals surface area contributed by atoms with Crippen molar-refractivity contribution in [2.45, 2.75) is 92.4 Å². The molecule has 0 unspecified atom stereocenters. The Morgan fingerprint density at radius 2 is 1.70 bits per heavy atom. The maximum atomic E-state index is 10.4. The zero-order chi connectivity index (χ0) is 23.8. The molecule has 2 saturated carbocycles. The predicted octanol–water partition coefficient (Wildman–Crippen LogP) is 5.67. The van der Waals surface area contributed by atoms with Gasteiger partial charge in [0, 0.05) is 19.0 Å². The van der Waals surface area contributed by atoms with E-state index in [1.165, 1.54) is 44.9 Å². The fourth-order valence-electron chi connectivity index (χ4n) is 8.85. The maximum absolute atomic E-state index is 10.4. The second kappa shape index (κ2) is 9.93. The number of nitrogens with zero attached hydrogens (tertiary/aromatic N) is 2. The first-order valence-electron chi connectivity index (χ1n) is 13.8. The summed E-state index contributed by atoms with van der Waals surface area (Å²) in [6.07, 6.45) is 14.8. The number of aliphatic hydroxyl groups is 1. The van der Waals surface area contributed by atoms with Crippen LogP contribution in [0.3, 0.4) is 0 Å². The van der Waals surface area contributed by atoms with Gasteiger partial charge in [0.1, 0.15) is 0 Å². The Morgan fingerprint density at radius 1 is 1.00 bits per heavy atom. The lowest BCUT2D eigenvalue weighted by Gasteiger charge is -2.57. The Labute approximate surface area is 202 Å². The van der Waals surface area contributed by atoms with Gasteiger partial charge in [-0.25, -0.2) is 0 Å². The Bertz CT molecular complexity index is 797. The third-order valence-electron chi connectivity index (χ3n) is 10.8. The third kappa shape index (κ3) is 4.51. The highest BCUT2D eigenvalue weighted by Crippen LogP contribution is 2.64. The molecule has 0 amide bonds. The van der Waals surface area contributed by atoms with Crippen molar-refractivity contribution in [3.8, 4) is 0 Å². The van der Waals surface area contributed by atoms with E-state index in [0.717, 1.165) is 54.4 Å². The van der Waals surface area contributed by atoms with Gasteiger partial charge >= 0.3 is 0 Å². The molecule has 1 heterocycles. The number of rotatable bonds is 8. The molecule has 0 bridgehead atoms. The minimum Gasteiger partial charge on any atom is -0.396 e. The Hall–Kier alpha value is -1.00. The largest absolute Gasteiger partial charge is 0.396 e. The van der Waals surface area contributed by atoms with Crippen LogP contribution < -0.4 is 5.73 Å². The van der Waals surface area contributed by atoms with E-state index in [4.69, 9.17) is 10.7 Å². The summed E-state index contributed by atoms with van der Waals surface area (Å²) in [5, 5.41) is 10.4. The van der Waals surface area contributed by atoms with E-state index < -0.39 is 0 Å². The first-order chi connectivity index (χ1) is 15.7. The maximum Gasteiger partial charge on any atom is 0.0624 e. The van der Waals surface area contributed by atoms with E-state index in [1.54, 1.807) is 6.20 Å². The molecule has 33 heavy (non-hydrogen) atoms. The first-order valence-corrected chi connectivity index (χ1v) is 13.8. The van der Waals surface area contributed by atoms with Crippen molar-refractivity contribution in [2.75, 3.05) is 13.2 Å². The van der Waals surface area contributed by atoms with Crippen LogP contribution in [0.25, 0.3) is 0 Å². The van der Waals surface area contributed by atoms with E-state index in [2.05, 4.69) is 39.6 Å². The second-order valence-corrected chi connectivity index (χ2v) is 12.9. The van der Waals surface area contributed by atoms with Crippen molar-refractivity contribution in [1.82, 2.24) is 9.97 Å². The third-order valence-corrected chi connectivity index (χ3v) is 10.8. The van der Waals surface area contributed by atoms with Crippen LogP contribution in [0.15, 0.2) is 12.4 Å². The van der Waals surface area contributed by atoms with Crippen molar-refractivity contribution in [3.63, 3.8) is 0 Å². The molecule has 3 aliphatic rings. The Balaban J connectivity index is 1.55. The summed E-state index contributed by atoms with van der Waals surface area (Å²) in [7, 11) is 0. The molecule has 4 heteroatoms. The average molecular weight is 456 g/mol. The monoisotopic (exact) mass is 455 g/mol. The summed E-state index contributed by atoms with van der Waals surface area (Å²) >= 11 is 0. The summed E-state index contributed by atoms with van der Waals surface area (Å²) in [4.78, 5) is 9.31. The van der Waals surface area contributed by atoms with Gasteiger partial charge in [-0.15, -0.1) is 0 Å². The fourth-order valence-corrected chi connectivity index (χ4v) is 8.85. The van der Waals surface area contributed by atoms with Gasteiger partial charge in [0.2, 0.25) is 0 Å². The number of aliphatic hydroxyl groups excluding tert-OH is 1. The summed E-state index contributed by atoms with van der Waals surface area (Å²) < 4.78 is 0. The molecule has 4 rings (SSSR count). The van der Waals surface area contributed by atoms with Gasteiger partial charge in [0.25, 0.3) is 0 Å². The quantitative estimate of drug-likeness (QED) is 0.530. The molecule has 0 spiro atoms. The van der Waals surface area contributed by atoms with Crippen molar-refractivity contribution >= 4 is 0 Å². The normalized spacial score (nSPS) is 39.3. The van der Waals surface area contributed by atoms with Gasteiger partial charge in [-0.05, 0) is 97.3 Å². The molecule has 0 saturated heterocycles. The molecule has 186 valence electrons. The molecular weight excluding hydrogens is 406 g/mol. The molecular formula is C29H49N3O. The van der Waals surface area contributed by atoms with Gasteiger partial charge in [-0.1, -0.05) is 53.9 Å². The summed E-state index contributed by atoms with van der Waals surface area (Å²) in [5.41, 5.74) is 9.31. The number of fused-ring (bicyclic) bond motifs is 2. The molecule has 4 nitrogen and oxygen atoms in total. The van der Waals surface area contributed by atoms with Crippen LogP contribution in [0, 0.1) is 52.3 Å². The topological polar surface area (TPSA) is 72.0 Å². The SMILES string of the molecule is CC(C)CCC[C@@H](C)[C@H]1CC[C@H]2[C@H](CN)[C@@H]([C@@]3(C)Cc4nccnc4C[C@@H]3CO)CC[C@]12C. The smallest absolute Gasteiger partial charge is 0.0624 e. The van der Waals surface area contributed by atoms with Crippen LogP contribution in [-0.2, 0) is 12.8 Å². The van der Waals surface area contributed by atoms with E-state index in [0.29, 0.717) is 17.3 Å². The van der Waals surface area contributed by atoms with Crippen molar-refractivity contribution < 1.29 is 5.11 Å². The Morgan fingerprint density at radius 3 is 2.36 bits per heavy atom. The lowest BCUT2D eigenvalue weighted by atomic mass is 9.48. The highest BCUT2D eigenvalue weighted by molar-refractivity contribution is 5.21. The molecule has 8 atom stereocenters. The number of hydrogen-bond donors (Lipinski definition) is 2. The molecule has 3 N–H and O–H groups in total. The van der Waals surface area contributed by atoms with Crippen LogP contribution in [0.4, 0.5) is 0 Å². The second-order valence-electron chi connectivity index (χ2n) is 12.9. The highest BCUT2D eigenvalue weighted by atomic mass is 16.3. The number of nitrogens with two attached hydrogens (primary N) is 1. The van der Waals surface area contributed by atoms with E-state index in [1.807, 2.05) is 6.20 Å². The minimum absolute atomic E-state index is 0.0458. The molecule has 1 aromatic heterocycles. The van der Waals surface area contributed by atoms with Crippen LogP contribution >= 0.6 is 0 Å². The van der Waals surface area contributed by atoms with E-state index >= 15 is 0 Å². The van der Waals surface area contributed by atoms with Crippen LogP contribution in [0.2, 0.25) is 0 Å². The highest BCUT2D eigenvalue weighted by Gasteiger charge is 2.58. The minimum atomic E-state index is 0.0458. The fraction of sp³-hybridized carbons (Fsp3) is 0.862. The van der Waals surface area contributed by atoms with Crippen LogP contribution in [0.5, 0.6) is 0 Å². The number of hydrogen-bond acceptors (Lipinski definition) is 4. The van der Waals surface area contributed by atoms with Gasteiger partial charge in [-0.3, -0.25) is 9.97 Å². The van der Waals surface area contributed by atoms with E-state index in [9.17, 15) is 5.11 Å². The number of aromatic nitrogens is 2. The van der Waals surface area contributed by atoms with Gasteiger partial charge in [0.05, 0.1) is 11.4 Å². The predicted molar refractivity (Wildman–Crippen MR) is 136 cm³/mol. The van der Waals surface area contributed by atoms with Crippen LogP contribution in [0.1, 0.15) is 91.0 Å². The van der Waals surface area contributed by atoms with E-state index in [-0.39, 0.29) is 17.9 Å². The van der Waals surface area contributed by atoms with Crippen molar-refractivity contribution in [3.05, 3.63) is 23.8 Å². The lowest BCUT2D eigenvalue weighted by molar-refractivity contribution is -0.0767. The molecule has 1 aromatic rings. The molecule has 0 aliphatic heterocycles. The Kier molecular flexibility index (Phi) is 7.56. The van der Waals surface area contributed by atoms with Gasteiger partial charge in [-0.2, -0.15) is 0 Å². The average Bonchev–Trinajstić information content (AvgIpc) is 3.14. The van der Waals surface area contributed by atoms with Gasteiger partial charge in [0.15, 0.2) is 0 Å². The molecule has 2 fully saturated rings. The lowest BCUT2D eigenvalue weighted by Crippen LogP contribution is -2.54. The van der Waals surface area contributed by atoms with Gasteiger partial charge < -0.3 is 10.8 Å². The molecule has 0 aromatic carbocycles. The summed E-state index contributed by atoms with van der Waals surface area (Å²) in [6, 6.07) is 0. The zero-order valence-electron chi connectivity index (χ0n) is 21.9. The van der Waals surface area contributed by atoms with Crippen LogP contribution in [-0.4, -0.2) is 28.2 Å². The standard InChI is InChI=1S/C29H49N3O/c1-19(2)7-6-8-20(3)23-9-10-24-22(17-30)25(11-12-28(23,24)4)29(5)16-27-26(15-21(29)18-33)31-13-14-32-27/h13-14,19-25,33H,6-12,15-18,30H2,1-5H3/t20-,21-,22+,23-,24+,25+,28-,29+/m1/s1. The summed E-state index contributed by atoms with van der Waals surface area (Å²) in [6.45, 7) is 13.3. The van der Waals surface area contributed by atoms with Crippen molar-refractivity contribution in [1.29, 1.82) is 0 Å². The van der Waals surface area contributed by atoms with Crippen molar-refractivity contribution in [2.24, 2.45) is 58.0 Å². The summed E-state index contributed by atoms with van der Waals surface area (Å²) in [5.74, 6) is 4.54. The first kappa shape index (κ1) is 25.1. The molecule has 0 radical (unpaired) electrons. The molecule has 3 aliphatic carbocycles.